The number of aryl methyl sites for hydroxylation is 4. The van der Waals surface area contributed by atoms with Crippen LogP contribution in [-0.4, -0.2) is 131 Å². The summed E-state index contributed by atoms with van der Waals surface area (Å²) < 4.78 is 12.0. The van der Waals surface area contributed by atoms with E-state index in [1.807, 2.05) is 112 Å². The maximum atomic E-state index is 5.08. The first-order chi connectivity index (χ1) is 43.8. The lowest BCUT2D eigenvalue weighted by atomic mass is 10.1. The predicted octanol–water partition coefficient (Wildman–Crippen LogP) is 14.4. The Morgan fingerprint density at radius 3 is 1.22 bits per heavy atom. The first-order valence-corrected chi connectivity index (χ1v) is 34.3. The van der Waals surface area contributed by atoms with Crippen molar-refractivity contribution in [3.05, 3.63) is 173 Å². The Morgan fingerprint density at radius 2 is 0.815 bits per heavy atom. The fourth-order valence-electron chi connectivity index (χ4n) is 8.65. The van der Waals surface area contributed by atoms with E-state index in [4.69, 9.17) is 9.05 Å². The Labute approximate surface area is 559 Å². The first kappa shape index (κ1) is 84.0. The third-order valence-electron chi connectivity index (χ3n) is 14.4. The van der Waals surface area contributed by atoms with Crippen LogP contribution in [0.15, 0.2) is 125 Å². The lowest BCUT2D eigenvalue weighted by molar-refractivity contribution is 0.199. The number of aromatic nitrogens is 8. The van der Waals surface area contributed by atoms with Crippen molar-refractivity contribution in [3.63, 3.8) is 0 Å². The molecule has 0 unspecified atom stereocenters. The zero-order valence-electron chi connectivity index (χ0n) is 61.6. The summed E-state index contributed by atoms with van der Waals surface area (Å²) in [5.41, 5.74) is 9.05. The minimum atomic E-state index is 0.499. The van der Waals surface area contributed by atoms with Gasteiger partial charge in [0.15, 0.2) is 0 Å². The van der Waals surface area contributed by atoms with Gasteiger partial charge in [-0.25, -0.2) is 0 Å². The van der Waals surface area contributed by atoms with Gasteiger partial charge in [0.05, 0.1) is 29.3 Å². The highest BCUT2D eigenvalue weighted by molar-refractivity contribution is 5.21. The molecule has 0 atom stereocenters. The lowest BCUT2D eigenvalue weighted by Gasteiger charge is -2.27. The van der Waals surface area contributed by atoms with Crippen molar-refractivity contribution in [2.75, 3.05) is 39.3 Å². The minimum Gasteiger partial charge on any atom is -0.361 e. The third kappa shape index (κ3) is 44.5. The molecule has 5 N–H and O–H groups in total. The normalized spacial score (nSPS) is 11.1. The molecule has 0 bridgehead atoms. The van der Waals surface area contributed by atoms with Gasteiger partial charge in [-0.2, -0.15) is 5.10 Å². The van der Waals surface area contributed by atoms with Crippen molar-refractivity contribution in [3.8, 4) is 0 Å². The quantitative estimate of drug-likeness (QED) is 0.0276. The Kier molecular flexibility index (Phi) is 46.9. The summed E-state index contributed by atoms with van der Waals surface area (Å²) in [7, 11) is 0. The molecule has 17 heteroatoms. The van der Waals surface area contributed by atoms with E-state index in [0.717, 1.165) is 124 Å². The zero-order chi connectivity index (χ0) is 68.6. The number of nitrogens with zero attached hydrogens (tertiary/aromatic N) is 10. The largest absolute Gasteiger partial charge is 0.361 e. The number of rotatable bonds is 31. The summed E-state index contributed by atoms with van der Waals surface area (Å²) in [6, 6.07) is 30.1. The summed E-state index contributed by atoms with van der Waals surface area (Å²) in [5, 5.41) is 28.6. The van der Waals surface area contributed by atoms with Crippen molar-refractivity contribution >= 4 is 0 Å². The highest BCUT2D eigenvalue weighted by Crippen LogP contribution is 2.14. The molecule has 0 aliphatic rings. The number of nitrogens with one attached hydrogen (secondary N) is 5. The van der Waals surface area contributed by atoms with Crippen LogP contribution in [0.2, 0.25) is 0 Å². The Bertz CT molecular complexity index is 2690. The maximum absolute atomic E-state index is 5.08. The Morgan fingerprint density at radius 1 is 0.402 bits per heavy atom. The van der Waals surface area contributed by atoms with E-state index in [1.165, 1.54) is 41.9 Å². The van der Waals surface area contributed by atoms with Crippen LogP contribution in [0.25, 0.3) is 0 Å². The van der Waals surface area contributed by atoms with E-state index < -0.39 is 0 Å². The molecule has 0 amide bonds. The van der Waals surface area contributed by atoms with Crippen LogP contribution in [0.3, 0.4) is 0 Å². The van der Waals surface area contributed by atoms with Crippen LogP contribution in [0.5, 0.6) is 0 Å². The zero-order valence-corrected chi connectivity index (χ0v) is 61.6. The summed E-state index contributed by atoms with van der Waals surface area (Å²) in [6.45, 7) is 57.5. The van der Waals surface area contributed by atoms with Crippen LogP contribution >= 0.6 is 0 Å². The molecule has 7 aromatic heterocycles. The maximum Gasteiger partial charge on any atom is 0.138 e. The van der Waals surface area contributed by atoms with Gasteiger partial charge in [-0.1, -0.05) is 132 Å². The van der Waals surface area contributed by atoms with Gasteiger partial charge in [0.25, 0.3) is 0 Å². The summed E-state index contributed by atoms with van der Waals surface area (Å²) in [5.74, 6) is 3.42. The molecule has 17 nitrogen and oxygen atoms in total. The molecule has 0 radical (unpaired) electrons. The number of hydrogen-bond acceptors (Lipinski definition) is 16. The van der Waals surface area contributed by atoms with E-state index in [2.05, 4.69) is 227 Å². The SMILES string of the molecule is CC(C)CCN(CCc1ccccn1)C(C)C.CC(C)CCN(Cc1ccccn1)C(C)C.CC(C)NCCc1ccccn1.CC(C)NCCn1cccn1.CC(C)NCc1ccccn1.Cc1noc(C)c1CCNC(C)C.Cc1noc(C)c1CNC(C)C. The number of hydrogen-bond donors (Lipinski definition) is 5. The standard InChI is InChI=1S/C15H26N2.C14H24N2.C10H18N2O.C10H16N2.C9H16N2O.C9H14N2.C8H15N3/c1-13(2)8-11-17(14(3)4)12-9-15-7-5-6-10-16-15;1-12(2)8-10-16(13(3)4)11-14-7-5-6-9-15-14;1-7(2)11-6-5-10-8(3)12-13-9(10)4;1-9(2)11-8-6-10-5-3-4-7-12-10;1-6(2)10-5-9-7(3)11-12-8(9)4;1-8(2)11-7-9-5-3-4-6-10-9;1-8(2)9-5-7-11-6-3-4-10-11/h5-7,10,13-14H,8-9,11-12H2,1-4H3;5-7,9,12-13H,8,10-11H2,1-4H3;7,11H,5-6H2,1-4H3;3-5,7,9,11H,6,8H2,1-2H3;6,10H,5H2,1-4H3;3-6,8,11H,7H2,1-2H3;3-4,6,8-9H,5,7H2,1-2H3. The van der Waals surface area contributed by atoms with Crippen molar-refractivity contribution < 1.29 is 9.05 Å². The van der Waals surface area contributed by atoms with Crippen molar-refractivity contribution in [1.29, 1.82) is 0 Å². The fourth-order valence-corrected chi connectivity index (χ4v) is 8.65. The molecule has 0 saturated carbocycles. The van der Waals surface area contributed by atoms with E-state index in [-0.39, 0.29) is 0 Å². The molecule has 0 aliphatic heterocycles. The second-order valence-electron chi connectivity index (χ2n) is 26.4. The molecular formula is C75H129N15O2. The molecule has 7 heterocycles. The molecule has 92 heavy (non-hydrogen) atoms. The van der Waals surface area contributed by atoms with Crippen molar-refractivity contribution in [2.24, 2.45) is 11.8 Å². The average Bonchev–Trinajstić information content (AvgIpc) is 2.01. The highest BCUT2D eigenvalue weighted by Gasteiger charge is 2.13. The smallest absolute Gasteiger partial charge is 0.138 e. The van der Waals surface area contributed by atoms with Crippen LogP contribution in [0.4, 0.5) is 0 Å². The Hall–Kier alpha value is -6.05. The molecule has 0 spiro atoms. The van der Waals surface area contributed by atoms with Crippen LogP contribution in [-0.2, 0) is 45.4 Å². The van der Waals surface area contributed by atoms with E-state index >= 15 is 0 Å². The van der Waals surface area contributed by atoms with Gasteiger partial charge < -0.3 is 40.5 Å². The molecule has 0 aliphatic carbocycles. The molecule has 0 saturated heterocycles. The minimum absolute atomic E-state index is 0.499. The van der Waals surface area contributed by atoms with Crippen molar-refractivity contribution in [2.45, 2.75) is 253 Å². The van der Waals surface area contributed by atoms with E-state index in [1.54, 1.807) is 6.20 Å². The Balaban J connectivity index is 0.000000540. The van der Waals surface area contributed by atoms with Gasteiger partial charge in [-0.15, -0.1) is 0 Å². The summed E-state index contributed by atoms with van der Waals surface area (Å²) in [6.07, 6.45) is 16.8. The average molecular weight is 1270 g/mol. The van der Waals surface area contributed by atoms with E-state index in [9.17, 15) is 0 Å². The second kappa shape index (κ2) is 51.4. The van der Waals surface area contributed by atoms with Gasteiger partial charge in [0.2, 0.25) is 0 Å². The third-order valence-corrected chi connectivity index (χ3v) is 14.4. The summed E-state index contributed by atoms with van der Waals surface area (Å²) in [4.78, 5) is 22.2. The van der Waals surface area contributed by atoms with Crippen LogP contribution in [0.1, 0.15) is 194 Å². The lowest BCUT2D eigenvalue weighted by Crippen LogP contribution is -2.34. The van der Waals surface area contributed by atoms with E-state index in [0.29, 0.717) is 42.3 Å². The first-order valence-electron chi connectivity index (χ1n) is 34.3. The molecule has 7 aromatic rings. The molecule has 0 fully saturated rings. The topological polar surface area (TPSA) is 188 Å². The van der Waals surface area contributed by atoms with Crippen LogP contribution < -0.4 is 26.6 Å². The van der Waals surface area contributed by atoms with Gasteiger partial charge in [-0.3, -0.25) is 29.5 Å². The van der Waals surface area contributed by atoms with Gasteiger partial charge in [0.1, 0.15) is 11.5 Å². The van der Waals surface area contributed by atoms with Gasteiger partial charge in [-0.05, 0) is 161 Å². The molecule has 0 aromatic carbocycles. The molecule has 7 rings (SSSR count). The van der Waals surface area contributed by atoms with Crippen LogP contribution in [0, 0.1) is 39.5 Å². The van der Waals surface area contributed by atoms with Gasteiger partial charge >= 0.3 is 0 Å². The second-order valence-corrected chi connectivity index (χ2v) is 26.4. The predicted molar refractivity (Wildman–Crippen MR) is 387 cm³/mol. The molecular weight excluding hydrogens is 1140 g/mol. The van der Waals surface area contributed by atoms with Crippen molar-refractivity contribution in [1.82, 2.24) is 76.4 Å². The van der Waals surface area contributed by atoms with Gasteiger partial charge in [0, 0.05) is 154 Å². The molecule has 516 valence electrons. The highest BCUT2D eigenvalue weighted by atomic mass is 16.5. The fraction of sp³-hybridized carbons (Fsp3) is 0.613. The number of pyridine rings is 4. The summed E-state index contributed by atoms with van der Waals surface area (Å²) >= 11 is 0. The monoisotopic (exact) mass is 1270 g/mol.